The van der Waals surface area contributed by atoms with Gasteiger partial charge < -0.3 is 10.1 Å². The van der Waals surface area contributed by atoms with Gasteiger partial charge in [0.25, 0.3) is 5.91 Å². The van der Waals surface area contributed by atoms with Crippen LogP contribution < -0.4 is 5.32 Å². The topological polar surface area (TPSA) is 38.3 Å². The lowest BCUT2D eigenvalue weighted by Crippen LogP contribution is -2.46. The van der Waals surface area contributed by atoms with Crippen molar-refractivity contribution in [2.24, 2.45) is 5.92 Å². The summed E-state index contributed by atoms with van der Waals surface area (Å²) in [4.78, 5) is 12.2. The third-order valence-electron chi connectivity index (χ3n) is 3.24. The van der Waals surface area contributed by atoms with Crippen LogP contribution in [0.5, 0.6) is 0 Å². The number of rotatable bonds is 5. The molecule has 0 fully saturated rings. The Balaban J connectivity index is 2.91. The second-order valence-electron chi connectivity index (χ2n) is 5.46. The Kier molecular flexibility index (Phi) is 5.39. The molecule has 1 amide bonds. The maximum Gasteiger partial charge on any atom is 0.252 e. The van der Waals surface area contributed by atoms with Gasteiger partial charge >= 0.3 is 0 Å². The van der Waals surface area contributed by atoms with E-state index < -0.39 is 5.60 Å². The quantitative estimate of drug-likeness (QED) is 0.897. The Morgan fingerprint density at radius 1 is 1.26 bits per heavy atom. The maximum atomic E-state index is 12.2. The Labute approximate surface area is 120 Å². The highest BCUT2D eigenvalue weighted by Gasteiger charge is 2.30. The first kappa shape index (κ1) is 16.0. The molecule has 1 aromatic rings. The van der Waals surface area contributed by atoms with Crippen molar-refractivity contribution in [2.75, 3.05) is 7.11 Å². The van der Waals surface area contributed by atoms with Crippen molar-refractivity contribution in [3.63, 3.8) is 0 Å². The Hall–Kier alpha value is -1.06. The lowest BCUT2D eigenvalue weighted by Gasteiger charge is -2.28. The first-order valence-electron chi connectivity index (χ1n) is 6.39. The molecule has 3 nitrogen and oxygen atoms in total. The van der Waals surface area contributed by atoms with Crippen molar-refractivity contribution in [3.05, 3.63) is 34.9 Å². The summed E-state index contributed by atoms with van der Waals surface area (Å²) >= 11 is 5.89. The van der Waals surface area contributed by atoms with Gasteiger partial charge in [-0.2, -0.15) is 0 Å². The van der Waals surface area contributed by atoms with Crippen LogP contribution >= 0.6 is 11.6 Å². The smallest absolute Gasteiger partial charge is 0.252 e. The summed E-state index contributed by atoms with van der Waals surface area (Å²) in [6, 6.07) is 7.49. The van der Waals surface area contributed by atoms with Crippen molar-refractivity contribution < 1.29 is 9.53 Å². The van der Waals surface area contributed by atoms with Gasteiger partial charge in [0.2, 0.25) is 0 Å². The molecule has 1 unspecified atom stereocenters. The number of ether oxygens (including phenoxy) is 1. The van der Waals surface area contributed by atoms with Crippen LogP contribution in [0.2, 0.25) is 5.02 Å². The van der Waals surface area contributed by atoms with Gasteiger partial charge in [0.1, 0.15) is 5.60 Å². The number of halogens is 1. The normalized spacial score (nSPS) is 13.4. The number of carbonyl (C=O) groups excluding carboxylic acids is 1. The Morgan fingerprint density at radius 3 is 2.21 bits per heavy atom. The average Bonchev–Trinajstić information content (AvgIpc) is 2.36. The Morgan fingerprint density at radius 2 is 1.79 bits per heavy atom. The van der Waals surface area contributed by atoms with E-state index in [2.05, 4.69) is 19.2 Å². The van der Waals surface area contributed by atoms with Gasteiger partial charge in [-0.25, -0.2) is 0 Å². The molecule has 0 aromatic heterocycles. The van der Waals surface area contributed by atoms with Crippen LogP contribution in [0.15, 0.2) is 24.3 Å². The highest BCUT2D eigenvalue weighted by molar-refractivity contribution is 6.30. The van der Waals surface area contributed by atoms with Crippen molar-refractivity contribution in [1.29, 1.82) is 0 Å². The minimum atomic E-state index is -0.834. The summed E-state index contributed by atoms with van der Waals surface area (Å²) in [6.07, 6.45) is 0. The van der Waals surface area contributed by atoms with Crippen molar-refractivity contribution in [1.82, 2.24) is 5.32 Å². The summed E-state index contributed by atoms with van der Waals surface area (Å²) in [5.41, 5.74) is 0.208. The highest BCUT2D eigenvalue weighted by Crippen LogP contribution is 2.24. The molecule has 0 heterocycles. The molecule has 0 bridgehead atoms. The second-order valence-corrected chi connectivity index (χ2v) is 5.90. The molecular formula is C15H22ClNO2. The van der Waals surface area contributed by atoms with Gasteiger partial charge in [-0.15, -0.1) is 0 Å². The molecule has 0 radical (unpaired) electrons. The minimum Gasteiger partial charge on any atom is -0.369 e. The van der Waals surface area contributed by atoms with E-state index in [4.69, 9.17) is 16.3 Å². The largest absolute Gasteiger partial charge is 0.369 e. The van der Waals surface area contributed by atoms with E-state index in [1.54, 1.807) is 13.8 Å². The number of methoxy groups -OCH3 is 1. The zero-order chi connectivity index (χ0) is 14.6. The first-order chi connectivity index (χ1) is 8.77. The predicted molar refractivity (Wildman–Crippen MR) is 78.3 cm³/mol. The van der Waals surface area contributed by atoms with Crippen molar-refractivity contribution in [2.45, 2.75) is 39.3 Å². The van der Waals surface area contributed by atoms with Crippen LogP contribution in [0.3, 0.4) is 0 Å². The molecule has 106 valence electrons. The van der Waals surface area contributed by atoms with Gasteiger partial charge in [0.15, 0.2) is 0 Å². The van der Waals surface area contributed by atoms with Crippen LogP contribution in [0.25, 0.3) is 0 Å². The SMILES string of the molecule is COC(C)(C)C(=O)NC(c1ccc(Cl)cc1)C(C)C. The number of hydrogen-bond acceptors (Lipinski definition) is 2. The zero-order valence-electron chi connectivity index (χ0n) is 12.2. The predicted octanol–water partition coefficient (Wildman–Crippen LogP) is 3.58. The van der Waals surface area contributed by atoms with E-state index in [9.17, 15) is 4.79 Å². The van der Waals surface area contributed by atoms with Crippen molar-refractivity contribution in [3.8, 4) is 0 Å². The summed E-state index contributed by atoms with van der Waals surface area (Å²) in [6.45, 7) is 7.64. The molecule has 0 aliphatic rings. The van der Waals surface area contributed by atoms with Crippen LogP contribution in [0.1, 0.15) is 39.3 Å². The van der Waals surface area contributed by atoms with Crippen LogP contribution in [0, 0.1) is 5.92 Å². The fourth-order valence-electron chi connectivity index (χ4n) is 1.71. The number of benzene rings is 1. The van der Waals surface area contributed by atoms with Gasteiger partial charge in [0.05, 0.1) is 6.04 Å². The fourth-order valence-corrected chi connectivity index (χ4v) is 1.84. The lowest BCUT2D eigenvalue weighted by molar-refractivity contribution is -0.140. The molecule has 1 N–H and O–H groups in total. The zero-order valence-corrected chi connectivity index (χ0v) is 12.9. The van der Waals surface area contributed by atoms with Crippen molar-refractivity contribution >= 4 is 17.5 Å². The van der Waals surface area contributed by atoms with Gasteiger partial charge in [0, 0.05) is 12.1 Å². The first-order valence-corrected chi connectivity index (χ1v) is 6.77. The van der Waals surface area contributed by atoms with E-state index in [-0.39, 0.29) is 17.9 Å². The number of amides is 1. The number of carbonyl (C=O) groups is 1. The molecule has 4 heteroatoms. The molecule has 0 aliphatic heterocycles. The fraction of sp³-hybridized carbons (Fsp3) is 0.533. The molecule has 0 saturated heterocycles. The van der Waals surface area contributed by atoms with Gasteiger partial charge in [-0.05, 0) is 37.5 Å². The number of nitrogens with one attached hydrogen (secondary N) is 1. The monoisotopic (exact) mass is 283 g/mol. The standard InChI is InChI=1S/C15H22ClNO2/c1-10(2)13(11-6-8-12(16)9-7-11)17-14(18)15(3,4)19-5/h6-10,13H,1-5H3,(H,17,18). The second kappa shape index (κ2) is 6.40. The maximum absolute atomic E-state index is 12.2. The molecule has 0 aliphatic carbocycles. The van der Waals surface area contributed by atoms with E-state index in [1.165, 1.54) is 7.11 Å². The summed E-state index contributed by atoms with van der Waals surface area (Å²) < 4.78 is 5.20. The average molecular weight is 284 g/mol. The summed E-state index contributed by atoms with van der Waals surface area (Å²) in [5, 5.41) is 3.73. The van der Waals surface area contributed by atoms with Gasteiger partial charge in [-0.3, -0.25) is 4.79 Å². The summed E-state index contributed by atoms with van der Waals surface area (Å²) in [7, 11) is 1.53. The van der Waals surface area contributed by atoms with Crippen LogP contribution in [-0.2, 0) is 9.53 Å². The molecule has 1 atom stereocenters. The Bertz CT molecular complexity index is 426. The number of hydrogen-bond donors (Lipinski definition) is 1. The highest BCUT2D eigenvalue weighted by atomic mass is 35.5. The van der Waals surface area contributed by atoms with Gasteiger partial charge in [-0.1, -0.05) is 37.6 Å². The third kappa shape index (κ3) is 4.22. The molecular weight excluding hydrogens is 262 g/mol. The molecule has 0 spiro atoms. The molecule has 1 rings (SSSR count). The summed E-state index contributed by atoms with van der Waals surface area (Å²) in [5.74, 6) is 0.154. The molecule has 1 aromatic carbocycles. The third-order valence-corrected chi connectivity index (χ3v) is 3.49. The minimum absolute atomic E-state index is 0.0563. The molecule has 0 saturated carbocycles. The van der Waals surface area contributed by atoms with E-state index >= 15 is 0 Å². The van der Waals surface area contributed by atoms with Crippen LogP contribution in [0.4, 0.5) is 0 Å². The van der Waals surface area contributed by atoms with Crippen LogP contribution in [-0.4, -0.2) is 18.6 Å². The van der Waals surface area contributed by atoms with E-state index in [1.807, 2.05) is 24.3 Å². The molecule has 19 heavy (non-hydrogen) atoms. The lowest BCUT2D eigenvalue weighted by atomic mass is 9.95. The van der Waals surface area contributed by atoms with E-state index in [0.29, 0.717) is 5.02 Å². The van der Waals surface area contributed by atoms with E-state index in [0.717, 1.165) is 5.56 Å².